The summed E-state index contributed by atoms with van der Waals surface area (Å²) in [5, 5.41) is 6.17. The lowest BCUT2D eigenvalue weighted by Crippen LogP contribution is -2.31. The average molecular weight is 391 g/mol. The Bertz CT molecular complexity index is 870. The van der Waals surface area contributed by atoms with Crippen molar-refractivity contribution < 1.29 is 9.21 Å². The monoisotopic (exact) mass is 390 g/mol. The van der Waals surface area contributed by atoms with Crippen molar-refractivity contribution in [2.45, 2.75) is 46.1 Å². The van der Waals surface area contributed by atoms with E-state index in [1.54, 1.807) is 6.92 Å². The maximum absolute atomic E-state index is 12.6. The molecule has 5 nitrogen and oxygen atoms in total. The number of rotatable bonds is 4. The third-order valence-corrected chi connectivity index (χ3v) is 5.04. The highest BCUT2D eigenvalue weighted by atomic mass is 35.5. The van der Waals surface area contributed by atoms with Crippen LogP contribution in [0.4, 0.5) is 0 Å². The minimum absolute atomic E-state index is 0. The van der Waals surface area contributed by atoms with E-state index in [9.17, 15) is 9.59 Å². The van der Waals surface area contributed by atoms with E-state index in [4.69, 9.17) is 4.42 Å². The quantitative estimate of drug-likeness (QED) is 0.839. The molecule has 1 aliphatic heterocycles. The fourth-order valence-corrected chi connectivity index (χ4v) is 3.46. The summed E-state index contributed by atoms with van der Waals surface area (Å²) >= 11 is 0. The number of hydrogen-bond donors (Lipinski definition) is 2. The first-order chi connectivity index (χ1) is 12.5. The molecule has 0 bridgehead atoms. The van der Waals surface area contributed by atoms with Crippen LogP contribution < -0.4 is 16.3 Å². The van der Waals surface area contributed by atoms with E-state index in [2.05, 4.69) is 10.6 Å². The zero-order valence-corrected chi connectivity index (χ0v) is 16.9. The first-order valence-corrected chi connectivity index (χ1v) is 9.15. The minimum atomic E-state index is -0.552. The topological polar surface area (TPSA) is 71.3 Å². The average Bonchev–Trinajstić information content (AvgIpc) is 2.62. The van der Waals surface area contributed by atoms with E-state index in [1.807, 2.05) is 38.1 Å². The molecule has 27 heavy (non-hydrogen) atoms. The second-order valence-corrected chi connectivity index (χ2v) is 7.15. The van der Waals surface area contributed by atoms with Gasteiger partial charge in [-0.05, 0) is 62.9 Å². The zero-order chi connectivity index (χ0) is 18.7. The molecular weight excluding hydrogens is 364 g/mol. The smallest absolute Gasteiger partial charge is 0.349 e. The van der Waals surface area contributed by atoms with Gasteiger partial charge in [0.15, 0.2) is 0 Å². The summed E-state index contributed by atoms with van der Waals surface area (Å²) in [5.41, 5.74) is 3.51. The largest absolute Gasteiger partial charge is 0.427 e. The van der Waals surface area contributed by atoms with Gasteiger partial charge in [0, 0.05) is 19.0 Å². The van der Waals surface area contributed by atoms with Crippen LogP contribution in [0, 0.1) is 20.8 Å². The van der Waals surface area contributed by atoms with Crippen LogP contribution >= 0.6 is 12.4 Å². The highest BCUT2D eigenvalue weighted by Gasteiger charge is 2.22. The Hall–Kier alpha value is -2.11. The molecule has 1 aromatic carbocycles. The number of hydrogen-bond acceptors (Lipinski definition) is 4. The molecule has 0 radical (unpaired) electrons. The molecule has 2 aromatic rings. The molecule has 3 rings (SSSR count). The van der Waals surface area contributed by atoms with E-state index >= 15 is 0 Å². The van der Waals surface area contributed by atoms with Crippen LogP contribution in [0.5, 0.6) is 0 Å². The maximum atomic E-state index is 12.6. The van der Waals surface area contributed by atoms with Crippen molar-refractivity contribution in [1.29, 1.82) is 0 Å². The summed E-state index contributed by atoms with van der Waals surface area (Å²) in [6, 6.07) is 7.96. The van der Waals surface area contributed by atoms with Gasteiger partial charge in [0.25, 0.3) is 5.91 Å². The predicted molar refractivity (Wildman–Crippen MR) is 109 cm³/mol. The summed E-state index contributed by atoms with van der Waals surface area (Å²) < 4.78 is 5.49. The number of carbonyl (C=O) groups excluding carboxylic acids is 1. The molecule has 146 valence electrons. The van der Waals surface area contributed by atoms with Gasteiger partial charge in [-0.3, -0.25) is 4.79 Å². The van der Waals surface area contributed by atoms with Crippen molar-refractivity contribution in [1.82, 2.24) is 10.6 Å². The van der Waals surface area contributed by atoms with E-state index < -0.39 is 5.63 Å². The maximum Gasteiger partial charge on any atom is 0.349 e. The highest BCUT2D eigenvalue weighted by Crippen LogP contribution is 2.23. The molecule has 6 heteroatoms. The van der Waals surface area contributed by atoms with Gasteiger partial charge >= 0.3 is 5.63 Å². The second kappa shape index (κ2) is 9.20. The number of nitrogens with one attached hydrogen (secondary N) is 2. The zero-order valence-electron chi connectivity index (χ0n) is 16.1. The summed E-state index contributed by atoms with van der Waals surface area (Å²) in [4.78, 5) is 25.0. The van der Waals surface area contributed by atoms with Gasteiger partial charge < -0.3 is 15.1 Å². The van der Waals surface area contributed by atoms with E-state index in [0.717, 1.165) is 42.6 Å². The standard InChI is InChI=1S/C21H26N2O3.ClH/c1-13-6-7-14(2)17(9-13)12-23-20(24)19-15(3)10-18(26-21(19)25)16-5-4-8-22-11-16;/h6-7,9-10,16,22H,4-5,8,11-12H2,1-3H3,(H,23,24);1H. The van der Waals surface area contributed by atoms with Crippen LogP contribution in [0.15, 0.2) is 33.5 Å². The lowest BCUT2D eigenvalue weighted by atomic mass is 9.95. The van der Waals surface area contributed by atoms with Crippen molar-refractivity contribution in [2.75, 3.05) is 13.1 Å². The van der Waals surface area contributed by atoms with Gasteiger partial charge in [0.1, 0.15) is 11.3 Å². The molecule has 0 saturated carbocycles. The molecule has 1 aliphatic rings. The summed E-state index contributed by atoms with van der Waals surface area (Å²) in [6.45, 7) is 8.01. The lowest BCUT2D eigenvalue weighted by molar-refractivity contribution is 0.0945. The van der Waals surface area contributed by atoms with Crippen LogP contribution in [-0.4, -0.2) is 19.0 Å². The number of carbonyl (C=O) groups is 1. The molecule has 1 atom stereocenters. The summed E-state index contributed by atoms with van der Waals surface area (Å²) in [6.07, 6.45) is 2.05. The van der Waals surface area contributed by atoms with Crippen molar-refractivity contribution in [3.63, 3.8) is 0 Å². The molecule has 2 N–H and O–H groups in total. The first-order valence-electron chi connectivity index (χ1n) is 9.15. The number of aryl methyl sites for hydroxylation is 3. The molecule has 0 aliphatic carbocycles. The molecule has 1 fully saturated rings. The third-order valence-electron chi connectivity index (χ3n) is 5.04. The number of amides is 1. The summed E-state index contributed by atoms with van der Waals surface area (Å²) in [7, 11) is 0. The molecule has 2 heterocycles. The summed E-state index contributed by atoms with van der Waals surface area (Å²) in [5.74, 6) is 0.485. The van der Waals surface area contributed by atoms with Crippen LogP contribution in [0.25, 0.3) is 0 Å². The van der Waals surface area contributed by atoms with E-state index in [1.165, 1.54) is 0 Å². The molecule has 1 saturated heterocycles. The Morgan fingerprint density at radius 1 is 1.22 bits per heavy atom. The number of halogens is 1. The van der Waals surface area contributed by atoms with Crippen LogP contribution in [0.3, 0.4) is 0 Å². The molecule has 1 aromatic heterocycles. The Morgan fingerprint density at radius 2 is 2.00 bits per heavy atom. The normalized spacial score (nSPS) is 16.5. The molecule has 0 spiro atoms. The number of piperidine rings is 1. The van der Waals surface area contributed by atoms with Crippen molar-refractivity contribution >= 4 is 18.3 Å². The van der Waals surface area contributed by atoms with Gasteiger partial charge in [0.05, 0.1) is 0 Å². The van der Waals surface area contributed by atoms with Gasteiger partial charge in [0.2, 0.25) is 0 Å². The second-order valence-electron chi connectivity index (χ2n) is 7.15. The first kappa shape index (κ1) is 21.2. The van der Waals surface area contributed by atoms with Gasteiger partial charge in [-0.1, -0.05) is 23.8 Å². The molecule has 1 unspecified atom stereocenters. The SMILES string of the molecule is Cc1ccc(C)c(CNC(=O)c2c(C)cc(C3CCCNC3)oc2=O)c1.Cl. The Labute approximate surface area is 166 Å². The van der Waals surface area contributed by atoms with Gasteiger partial charge in [-0.25, -0.2) is 4.79 Å². The van der Waals surface area contributed by atoms with E-state index in [0.29, 0.717) is 17.9 Å². The van der Waals surface area contributed by atoms with Crippen LogP contribution in [-0.2, 0) is 6.54 Å². The van der Waals surface area contributed by atoms with Crippen LogP contribution in [0.1, 0.15) is 57.1 Å². The van der Waals surface area contributed by atoms with E-state index in [-0.39, 0.29) is 29.8 Å². The van der Waals surface area contributed by atoms with Crippen molar-refractivity contribution in [2.24, 2.45) is 0 Å². The molecule has 1 amide bonds. The Morgan fingerprint density at radius 3 is 2.67 bits per heavy atom. The lowest BCUT2D eigenvalue weighted by Gasteiger charge is -2.22. The van der Waals surface area contributed by atoms with Crippen LogP contribution in [0.2, 0.25) is 0 Å². The highest BCUT2D eigenvalue weighted by molar-refractivity contribution is 5.95. The Kier molecular flexibility index (Phi) is 7.22. The third kappa shape index (κ3) is 4.99. The van der Waals surface area contributed by atoms with Gasteiger partial charge in [-0.15, -0.1) is 12.4 Å². The number of benzene rings is 1. The minimum Gasteiger partial charge on any atom is -0.427 e. The Balaban J connectivity index is 0.00000261. The fourth-order valence-electron chi connectivity index (χ4n) is 3.46. The van der Waals surface area contributed by atoms with Crippen molar-refractivity contribution in [3.8, 4) is 0 Å². The van der Waals surface area contributed by atoms with Crippen molar-refractivity contribution in [3.05, 3.63) is 68.3 Å². The predicted octanol–water partition coefficient (Wildman–Crippen LogP) is 3.38. The molecular formula is C21H27ClN2O3. The fraction of sp³-hybridized carbons (Fsp3) is 0.429. The van der Waals surface area contributed by atoms with Gasteiger partial charge in [-0.2, -0.15) is 0 Å².